The molecule has 2 N–H and O–H groups in total. The largest absolute Gasteiger partial charge is 0.493 e. The zero-order valence-corrected chi connectivity index (χ0v) is 12.1. The van der Waals surface area contributed by atoms with Crippen LogP contribution in [0.15, 0.2) is 18.2 Å². The van der Waals surface area contributed by atoms with E-state index in [-0.39, 0.29) is 12.4 Å². The van der Waals surface area contributed by atoms with Gasteiger partial charge in [0.25, 0.3) is 0 Å². The molecule has 2 aliphatic rings. The first-order valence-electron chi connectivity index (χ1n) is 7.02. The summed E-state index contributed by atoms with van der Waals surface area (Å²) < 4.78 is 5.54. The number of rotatable bonds is 3. The van der Waals surface area contributed by atoms with Gasteiger partial charge in [-0.05, 0) is 55.6 Å². The molecule has 0 radical (unpaired) electrons. The van der Waals surface area contributed by atoms with Crippen molar-refractivity contribution in [3.05, 3.63) is 29.3 Å². The first-order valence-corrected chi connectivity index (χ1v) is 7.02. The monoisotopic (exact) mass is 282 g/mol. The second-order valence-corrected chi connectivity index (χ2v) is 5.50. The van der Waals surface area contributed by atoms with Crippen LogP contribution in [0, 0.1) is 5.92 Å². The number of benzene rings is 1. The van der Waals surface area contributed by atoms with Crippen LogP contribution in [0.1, 0.15) is 24.0 Å². The number of nitrogens with zero attached hydrogens (tertiary/aromatic N) is 1. The van der Waals surface area contributed by atoms with Gasteiger partial charge >= 0.3 is 0 Å². The van der Waals surface area contributed by atoms with Gasteiger partial charge in [-0.1, -0.05) is 12.1 Å². The minimum atomic E-state index is 0. The summed E-state index contributed by atoms with van der Waals surface area (Å²) >= 11 is 0. The lowest BCUT2D eigenvalue weighted by molar-refractivity contribution is 0.180. The normalized spacial score (nSPS) is 19.6. The number of likely N-dealkylation sites (tertiary alicyclic amines) is 1. The van der Waals surface area contributed by atoms with E-state index in [2.05, 4.69) is 23.1 Å². The lowest BCUT2D eigenvalue weighted by Gasteiger charge is -2.31. The van der Waals surface area contributed by atoms with Crippen LogP contribution in [0.25, 0.3) is 0 Å². The SMILES string of the molecule is Cl.NCC1CCN(Cc2ccc3c(c2)CCO3)CC1. The molecule has 0 saturated carbocycles. The maximum Gasteiger partial charge on any atom is 0.122 e. The molecule has 19 heavy (non-hydrogen) atoms. The Hall–Kier alpha value is -0.770. The Labute approximate surface area is 121 Å². The summed E-state index contributed by atoms with van der Waals surface area (Å²) in [6, 6.07) is 6.65. The Kier molecular flexibility index (Phi) is 5.08. The topological polar surface area (TPSA) is 38.5 Å². The smallest absolute Gasteiger partial charge is 0.122 e. The van der Waals surface area contributed by atoms with Crippen molar-refractivity contribution in [2.24, 2.45) is 11.7 Å². The highest BCUT2D eigenvalue weighted by Crippen LogP contribution is 2.27. The molecule has 3 rings (SSSR count). The van der Waals surface area contributed by atoms with Crippen molar-refractivity contribution >= 4 is 12.4 Å². The third-order valence-electron chi connectivity index (χ3n) is 4.20. The summed E-state index contributed by atoms with van der Waals surface area (Å²) in [6.45, 7) is 5.15. The average molecular weight is 283 g/mol. The third-order valence-corrected chi connectivity index (χ3v) is 4.20. The highest BCUT2D eigenvalue weighted by atomic mass is 35.5. The standard InChI is InChI=1S/C15H22N2O.ClH/c16-10-12-3-6-17(7-4-12)11-13-1-2-15-14(9-13)5-8-18-15;/h1-2,9,12H,3-8,10-11,16H2;1H. The molecule has 0 atom stereocenters. The van der Waals surface area contributed by atoms with Crippen LogP contribution in [-0.4, -0.2) is 31.1 Å². The molecule has 1 aromatic carbocycles. The number of halogens is 1. The van der Waals surface area contributed by atoms with Gasteiger partial charge in [0.2, 0.25) is 0 Å². The van der Waals surface area contributed by atoms with Crippen molar-refractivity contribution in [1.82, 2.24) is 4.90 Å². The van der Waals surface area contributed by atoms with Crippen LogP contribution in [0.5, 0.6) is 5.75 Å². The van der Waals surface area contributed by atoms with Crippen LogP contribution in [-0.2, 0) is 13.0 Å². The zero-order chi connectivity index (χ0) is 12.4. The van der Waals surface area contributed by atoms with E-state index < -0.39 is 0 Å². The van der Waals surface area contributed by atoms with Gasteiger partial charge in [0.1, 0.15) is 5.75 Å². The van der Waals surface area contributed by atoms with E-state index in [0.29, 0.717) is 0 Å². The third kappa shape index (κ3) is 3.41. The maximum absolute atomic E-state index is 5.73. The van der Waals surface area contributed by atoms with Crippen molar-refractivity contribution in [3.63, 3.8) is 0 Å². The van der Waals surface area contributed by atoms with E-state index in [9.17, 15) is 0 Å². The first kappa shape index (κ1) is 14.6. The highest BCUT2D eigenvalue weighted by Gasteiger charge is 2.19. The Bertz CT molecular complexity index is 417. The van der Waals surface area contributed by atoms with E-state index in [4.69, 9.17) is 10.5 Å². The van der Waals surface area contributed by atoms with Gasteiger partial charge in [-0.2, -0.15) is 0 Å². The van der Waals surface area contributed by atoms with Gasteiger partial charge in [-0.15, -0.1) is 12.4 Å². The molecule has 0 aliphatic carbocycles. The molecule has 1 saturated heterocycles. The molecule has 0 bridgehead atoms. The fourth-order valence-electron chi connectivity index (χ4n) is 2.98. The highest BCUT2D eigenvalue weighted by molar-refractivity contribution is 5.85. The van der Waals surface area contributed by atoms with E-state index in [1.165, 1.54) is 37.1 Å². The van der Waals surface area contributed by atoms with Crippen molar-refractivity contribution in [2.45, 2.75) is 25.8 Å². The molecule has 2 heterocycles. The number of ether oxygens (including phenoxy) is 1. The molecule has 0 amide bonds. The van der Waals surface area contributed by atoms with Crippen molar-refractivity contribution in [3.8, 4) is 5.75 Å². The second kappa shape index (κ2) is 6.60. The van der Waals surface area contributed by atoms with E-state index >= 15 is 0 Å². The number of fused-ring (bicyclic) bond motifs is 1. The number of piperidine rings is 1. The maximum atomic E-state index is 5.73. The number of nitrogens with two attached hydrogens (primary N) is 1. The molecule has 0 aromatic heterocycles. The summed E-state index contributed by atoms with van der Waals surface area (Å²) in [5.41, 5.74) is 8.53. The van der Waals surface area contributed by atoms with Gasteiger partial charge in [0.05, 0.1) is 6.61 Å². The minimum Gasteiger partial charge on any atom is -0.493 e. The van der Waals surface area contributed by atoms with E-state index in [0.717, 1.165) is 37.8 Å². The minimum absolute atomic E-state index is 0. The van der Waals surface area contributed by atoms with Gasteiger partial charge in [-0.3, -0.25) is 4.90 Å². The number of hydrogen-bond acceptors (Lipinski definition) is 3. The lowest BCUT2D eigenvalue weighted by Crippen LogP contribution is -2.35. The van der Waals surface area contributed by atoms with Crippen LogP contribution in [0.3, 0.4) is 0 Å². The van der Waals surface area contributed by atoms with Gasteiger partial charge in [0.15, 0.2) is 0 Å². The molecule has 4 heteroatoms. The average Bonchev–Trinajstić information content (AvgIpc) is 2.87. The Morgan fingerprint density at radius 3 is 2.79 bits per heavy atom. The van der Waals surface area contributed by atoms with Crippen LogP contribution < -0.4 is 10.5 Å². The summed E-state index contributed by atoms with van der Waals surface area (Å²) in [4.78, 5) is 2.55. The van der Waals surface area contributed by atoms with Crippen molar-refractivity contribution < 1.29 is 4.74 Å². The quantitative estimate of drug-likeness (QED) is 0.924. The predicted molar refractivity (Wildman–Crippen MR) is 79.9 cm³/mol. The summed E-state index contributed by atoms with van der Waals surface area (Å²) in [5, 5.41) is 0. The Balaban J connectivity index is 0.00000133. The molecule has 0 spiro atoms. The lowest BCUT2D eigenvalue weighted by atomic mass is 9.96. The summed E-state index contributed by atoms with van der Waals surface area (Å²) in [6.07, 6.45) is 3.58. The van der Waals surface area contributed by atoms with Crippen LogP contribution in [0.2, 0.25) is 0 Å². The molecular formula is C15H23ClN2O. The molecule has 1 aromatic rings. The second-order valence-electron chi connectivity index (χ2n) is 5.50. The van der Waals surface area contributed by atoms with E-state index in [1.54, 1.807) is 0 Å². The Morgan fingerprint density at radius 2 is 2.05 bits per heavy atom. The Morgan fingerprint density at radius 1 is 1.26 bits per heavy atom. The molecular weight excluding hydrogens is 260 g/mol. The van der Waals surface area contributed by atoms with E-state index in [1.807, 2.05) is 0 Å². The molecule has 2 aliphatic heterocycles. The fraction of sp³-hybridized carbons (Fsp3) is 0.600. The van der Waals surface area contributed by atoms with Gasteiger partial charge in [0, 0.05) is 13.0 Å². The zero-order valence-electron chi connectivity index (χ0n) is 11.3. The van der Waals surface area contributed by atoms with Crippen molar-refractivity contribution in [1.29, 1.82) is 0 Å². The fourth-order valence-corrected chi connectivity index (χ4v) is 2.98. The van der Waals surface area contributed by atoms with Gasteiger partial charge < -0.3 is 10.5 Å². The molecule has 106 valence electrons. The molecule has 3 nitrogen and oxygen atoms in total. The number of hydrogen-bond donors (Lipinski definition) is 1. The summed E-state index contributed by atoms with van der Waals surface area (Å²) in [7, 11) is 0. The summed E-state index contributed by atoms with van der Waals surface area (Å²) in [5.74, 6) is 1.83. The van der Waals surface area contributed by atoms with Gasteiger partial charge in [-0.25, -0.2) is 0 Å². The first-order chi connectivity index (χ1) is 8.85. The molecule has 1 fully saturated rings. The van der Waals surface area contributed by atoms with Crippen molar-refractivity contribution in [2.75, 3.05) is 26.2 Å². The predicted octanol–water partition coefficient (Wildman–Crippen LogP) is 2.21. The van der Waals surface area contributed by atoms with Crippen LogP contribution in [0.4, 0.5) is 0 Å². The molecule has 0 unspecified atom stereocenters. The van der Waals surface area contributed by atoms with Crippen LogP contribution >= 0.6 is 12.4 Å².